The summed E-state index contributed by atoms with van der Waals surface area (Å²) < 4.78 is 37.1. The smallest absolute Gasteiger partial charge is 0.333 e. The SMILES string of the molecule is CCO[C@@H](Cc1ccc(OC/C=C(/C)C#Cc2cc(F)cc(F)c2)cc1)C(=O)O. The van der Waals surface area contributed by atoms with Crippen LogP contribution in [0.15, 0.2) is 54.1 Å². The van der Waals surface area contributed by atoms with Crippen molar-refractivity contribution in [2.75, 3.05) is 13.2 Å². The number of hydrogen-bond acceptors (Lipinski definition) is 3. The van der Waals surface area contributed by atoms with E-state index in [1.54, 1.807) is 44.2 Å². The molecular formula is C23H22F2O4. The molecule has 0 spiro atoms. The first kappa shape index (κ1) is 22.1. The van der Waals surface area contributed by atoms with Crippen molar-refractivity contribution in [3.63, 3.8) is 0 Å². The summed E-state index contributed by atoms with van der Waals surface area (Å²) in [4.78, 5) is 11.1. The lowest BCUT2D eigenvalue weighted by atomic mass is 10.1. The Kier molecular flexibility index (Phi) is 8.38. The van der Waals surface area contributed by atoms with Gasteiger partial charge in [0, 0.05) is 24.7 Å². The van der Waals surface area contributed by atoms with Crippen LogP contribution in [0.25, 0.3) is 0 Å². The van der Waals surface area contributed by atoms with Gasteiger partial charge in [0.05, 0.1) is 0 Å². The number of carbonyl (C=O) groups is 1. The molecule has 152 valence electrons. The van der Waals surface area contributed by atoms with Crippen molar-refractivity contribution in [1.82, 2.24) is 0 Å². The Morgan fingerprint density at radius 3 is 2.41 bits per heavy atom. The first-order valence-corrected chi connectivity index (χ1v) is 9.08. The van der Waals surface area contributed by atoms with Gasteiger partial charge >= 0.3 is 5.97 Å². The average Bonchev–Trinajstić information content (AvgIpc) is 2.66. The molecule has 1 N–H and O–H groups in total. The number of benzene rings is 2. The summed E-state index contributed by atoms with van der Waals surface area (Å²) in [6.07, 6.45) is 1.16. The van der Waals surface area contributed by atoms with Crippen LogP contribution in [0.2, 0.25) is 0 Å². The lowest BCUT2D eigenvalue weighted by molar-refractivity contribution is -0.149. The maximum absolute atomic E-state index is 13.1. The molecule has 0 bridgehead atoms. The van der Waals surface area contributed by atoms with Gasteiger partial charge in [0.15, 0.2) is 6.10 Å². The summed E-state index contributed by atoms with van der Waals surface area (Å²) in [6.45, 7) is 4.13. The fourth-order valence-electron chi connectivity index (χ4n) is 2.47. The molecule has 0 amide bonds. The molecular weight excluding hydrogens is 378 g/mol. The van der Waals surface area contributed by atoms with E-state index < -0.39 is 23.7 Å². The minimum absolute atomic E-state index is 0.262. The molecule has 0 saturated carbocycles. The number of carboxylic acids is 1. The van der Waals surface area contributed by atoms with Gasteiger partial charge in [-0.15, -0.1) is 0 Å². The third-order valence-corrected chi connectivity index (χ3v) is 3.89. The number of aliphatic carboxylic acids is 1. The fraction of sp³-hybridized carbons (Fsp3) is 0.261. The van der Waals surface area contributed by atoms with Gasteiger partial charge in [-0.1, -0.05) is 24.0 Å². The van der Waals surface area contributed by atoms with E-state index in [9.17, 15) is 13.6 Å². The molecule has 0 heterocycles. The zero-order chi connectivity index (χ0) is 21.2. The third-order valence-electron chi connectivity index (χ3n) is 3.89. The van der Waals surface area contributed by atoms with Crippen LogP contribution < -0.4 is 4.74 Å². The van der Waals surface area contributed by atoms with Gasteiger partial charge in [-0.3, -0.25) is 0 Å². The Morgan fingerprint density at radius 2 is 1.83 bits per heavy atom. The highest BCUT2D eigenvalue weighted by atomic mass is 19.1. The molecule has 2 rings (SSSR count). The number of hydrogen-bond donors (Lipinski definition) is 1. The van der Waals surface area contributed by atoms with Crippen LogP contribution in [0.3, 0.4) is 0 Å². The van der Waals surface area contributed by atoms with Crippen molar-refractivity contribution >= 4 is 5.97 Å². The van der Waals surface area contributed by atoms with E-state index in [0.717, 1.165) is 11.6 Å². The largest absolute Gasteiger partial charge is 0.490 e. The van der Waals surface area contributed by atoms with Crippen LogP contribution in [-0.4, -0.2) is 30.4 Å². The number of ether oxygens (including phenoxy) is 2. The van der Waals surface area contributed by atoms with Gasteiger partial charge in [0.25, 0.3) is 0 Å². The normalized spacial score (nSPS) is 12.1. The third kappa shape index (κ3) is 7.76. The molecule has 0 saturated heterocycles. The Balaban J connectivity index is 1.89. The summed E-state index contributed by atoms with van der Waals surface area (Å²) >= 11 is 0. The summed E-state index contributed by atoms with van der Waals surface area (Å²) in [6, 6.07) is 10.2. The molecule has 2 aromatic carbocycles. The van der Waals surface area contributed by atoms with Crippen molar-refractivity contribution in [2.24, 2.45) is 0 Å². The van der Waals surface area contributed by atoms with Crippen LogP contribution in [0.1, 0.15) is 25.0 Å². The molecule has 0 aliphatic carbocycles. The van der Waals surface area contributed by atoms with Gasteiger partial charge in [-0.2, -0.15) is 0 Å². The number of halogens is 2. The predicted octanol–water partition coefficient (Wildman–Crippen LogP) is 4.37. The summed E-state index contributed by atoms with van der Waals surface area (Å²) in [7, 11) is 0. The lowest BCUT2D eigenvalue weighted by Crippen LogP contribution is -2.26. The van der Waals surface area contributed by atoms with Gasteiger partial charge < -0.3 is 14.6 Å². The minimum Gasteiger partial charge on any atom is -0.490 e. The van der Waals surface area contributed by atoms with Crippen molar-refractivity contribution in [2.45, 2.75) is 26.4 Å². The van der Waals surface area contributed by atoms with Crippen LogP contribution in [0.4, 0.5) is 8.78 Å². The number of allylic oxidation sites excluding steroid dienone is 1. The fourth-order valence-corrected chi connectivity index (χ4v) is 2.47. The van der Waals surface area contributed by atoms with Gasteiger partial charge in [0.2, 0.25) is 0 Å². The Hall–Kier alpha value is -3.17. The van der Waals surface area contributed by atoms with Crippen molar-refractivity contribution < 1.29 is 28.2 Å². The van der Waals surface area contributed by atoms with E-state index in [1.165, 1.54) is 12.1 Å². The molecule has 6 heteroatoms. The highest BCUT2D eigenvalue weighted by Gasteiger charge is 2.17. The molecule has 2 aromatic rings. The van der Waals surface area contributed by atoms with Crippen molar-refractivity contribution in [1.29, 1.82) is 0 Å². The van der Waals surface area contributed by atoms with Crippen LogP contribution in [-0.2, 0) is 16.0 Å². The first-order chi connectivity index (χ1) is 13.9. The van der Waals surface area contributed by atoms with Crippen LogP contribution in [0.5, 0.6) is 5.75 Å². The predicted molar refractivity (Wildman–Crippen MR) is 106 cm³/mol. The van der Waals surface area contributed by atoms with E-state index in [0.29, 0.717) is 17.9 Å². The summed E-state index contributed by atoms with van der Waals surface area (Å²) in [5, 5.41) is 9.13. The van der Waals surface area contributed by atoms with E-state index in [2.05, 4.69) is 11.8 Å². The molecule has 0 radical (unpaired) electrons. The van der Waals surface area contributed by atoms with Crippen LogP contribution in [0, 0.1) is 23.5 Å². The maximum Gasteiger partial charge on any atom is 0.333 e. The molecule has 29 heavy (non-hydrogen) atoms. The standard InChI is InChI=1S/C23H22F2O4/c1-3-28-22(23(26)27)14-17-6-8-21(9-7-17)29-11-10-16(2)4-5-18-12-19(24)15-20(25)13-18/h6-10,12-13,15,22H,3,11,14H2,1-2H3,(H,26,27)/b16-10-/t22-/m0/s1. The Morgan fingerprint density at radius 1 is 1.17 bits per heavy atom. The first-order valence-electron chi connectivity index (χ1n) is 9.08. The number of rotatable bonds is 8. The Labute approximate surface area is 168 Å². The van der Waals surface area contributed by atoms with E-state index >= 15 is 0 Å². The highest BCUT2D eigenvalue weighted by Crippen LogP contribution is 2.15. The zero-order valence-electron chi connectivity index (χ0n) is 16.2. The monoisotopic (exact) mass is 400 g/mol. The average molecular weight is 400 g/mol. The summed E-state index contributed by atoms with van der Waals surface area (Å²) in [5.41, 5.74) is 1.80. The van der Waals surface area contributed by atoms with Gasteiger partial charge in [-0.25, -0.2) is 13.6 Å². The van der Waals surface area contributed by atoms with Gasteiger partial charge in [-0.05, 0) is 55.3 Å². The zero-order valence-corrected chi connectivity index (χ0v) is 16.2. The maximum atomic E-state index is 13.1. The number of carboxylic acid groups (broad SMARTS) is 1. The molecule has 0 unspecified atom stereocenters. The van der Waals surface area contributed by atoms with E-state index in [4.69, 9.17) is 14.6 Å². The van der Waals surface area contributed by atoms with Crippen molar-refractivity contribution in [3.8, 4) is 17.6 Å². The second-order valence-electron chi connectivity index (χ2n) is 6.24. The second kappa shape index (κ2) is 11.0. The molecule has 4 nitrogen and oxygen atoms in total. The molecule has 0 aliphatic heterocycles. The quantitative estimate of drug-likeness (QED) is 0.669. The van der Waals surface area contributed by atoms with Crippen molar-refractivity contribution in [3.05, 3.63) is 76.9 Å². The van der Waals surface area contributed by atoms with E-state index in [-0.39, 0.29) is 18.6 Å². The molecule has 0 aromatic heterocycles. The summed E-state index contributed by atoms with van der Waals surface area (Å²) in [5.74, 6) is 3.83. The molecule has 0 fully saturated rings. The topological polar surface area (TPSA) is 55.8 Å². The van der Waals surface area contributed by atoms with E-state index in [1.807, 2.05) is 0 Å². The van der Waals surface area contributed by atoms with Crippen LogP contribution >= 0.6 is 0 Å². The Bertz CT molecular complexity index is 904. The highest BCUT2D eigenvalue weighted by molar-refractivity contribution is 5.72. The second-order valence-corrected chi connectivity index (χ2v) is 6.24. The molecule has 0 aliphatic rings. The lowest BCUT2D eigenvalue weighted by Gasteiger charge is -2.12. The molecule has 1 atom stereocenters. The van der Waals surface area contributed by atoms with Gasteiger partial charge in [0.1, 0.15) is 24.0 Å². The minimum atomic E-state index is -0.991.